The highest BCUT2D eigenvalue weighted by Gasteiger charge is 2.24. The Kier molecular flexibility index (Phi) is 7.63. The van der Waals surface area contributed by atoms with Gasteiger partial charge in [-0.2, -0.15) is 0 Å². The predicted molar refractivity (Wildman–Crippen MR) is 115 cm³/mol. The molecule has 0 aromatic heterocycles. The molecule has 0 radical (unpaired) electrons. The normalized spacial score (nSPS) is 12.8. The van der Waals surface area contributed by atoms with E-state index >= 15 is 0 Å². The number of halogens is 1. The Morgan fingerprint density at radius 2 is 1.67 bits per heavy atom. The van der Waals surface area contributed by atoms with Crippen molar-refractivity contribution in [2.24, 2.45) is 0 Å². The van der Waals surface area contributed by atoms with Crippen molar-refractivity contribution in [3.63, 3.8) is 0 Å². The van der Waals surface area contributed by atoms with Crippen molar-refractivity contribution in [2.75, 3.05) is 7.11 Å². The molecule has 0 bridgehead atoms. The smallest absolute Gasteiger partial charge is 0.307 e. The minimum Gasteiger partial charge on any atom is -0.469 e. The number of hydrogen-bond donors (Lipinski definition) is 2. The molecular formula is C21H25ClN2O5S. The number of hydrogen-bond acceptors (Lipinski definition) is 5. The van der Waals surface area contributed by atoms with Crippen molar-refractivity contribution in [2.45, 2.75) is 43.7 Å². The second kappa shape index (κ2) is 9.59. The molecule has 162 valence electrons. The first kappa shape index (κ1) is 23.9. The Bertz CT molecular complexity index is 1010. The standard InChI is InChI=1S/C21H25ClN2O5S/c1-21(2,3)24-30(27,28)15-11-9-14(10-12-15)20(26)23-18(13-19(25)29-4)16-7-5-6-8-17(16)22/h5-12,18,24H,13H2,1-4H3,(H,23,26). The van der Waals surface area contributed by atoms with Crippen LogP contribution in [0.3, 0.4) is 0 Å². The van der Waals surface area contributed by atoms with Gasteiger partial charge in [-0.1, -0.05) is 29.8 Å². The van der Waals surface area contributed by atoms with Crippen molar-refractivity contribution in [1.29, 1.82) is 0 Å². The predicted octanol–water partition coefficient (Wildman–Crippen LogP) is 3.45. The largest absolute Gasteiger partial charge is 0.469 e. The second-order valence-corrected chi connectivity index (χ2v) is 9.80. The van der Waals surface area contributed by atoms with Gasteiger partial charge in [0.05, 0.1) is 24.5 Å². The Morgan fingerprint density at radius 3 is 2.20 bits per heavy atom. The van der Waals surface area contributed by atoms with E-state index in [1.165, 1.54) is 31.4 Å². The van der Waals surface area contributed by atoms with Gasteiger partial charge >= 0.3 is 5.97 Å². The summed E-state index contributed by atoms with van der Waals surface area (Å²) in [6, 6.07) is 11.7. The number of carbonyl (C=O) groups is 2. The number of amides is 1. The third-order valence-corrected chi connectivity index (χ3v) is 6.17. The lowest BCUT2D eigenvalue weighted by molar-refractivity contribution is -0.141. The molecule has 30 heavy (non-hydrogen) atoms. The summed E-state index contributed by atoms with van der Waals surface area (Å²) in [7, 11) is -2.45. The number of methoxy groups -OCH3 is 1. The molecule has 0 spiro atoms. The summed E-state index contributed by atoms with van der Waals surface area (Å²) in [5, 5.41) is 3.17. The fourth-order valence-corrected chi connectivity index (χ4v) is 4.42. The average molecular weight is 453 g/mol. The molecule has 0 aliphatic carbocycles. The fraction of sp³-hybridized carbons (Fsp3) is 0.333. The van der Waals surface area contributed by atoms with Crippen LogP contribution >= 0.6 is 11.6 Å². The zero-order valence-corrected chi connectivity index (χ0v) is 18.8. The molecule has 1 unspecified atom stereocenters. The van der Waals surface area contributed by atoms with Crippen LogP contribution in [-0.4, -0.2) is 32.9 Å². The lowest BCUT2D eigenvalue weighted by Crippen LogP contribution is -2.40. The summed E-state index contributed by atoms with van der Waals surface area (Å²) in [6.07, 6.45) is -0.103. The third-order valence-electron chi connectivity index (χ3n) is 4.05. The Balaban J connectivity index is 2.23. The van der Waals surface area contributed by atoms with Gasteiger partial charge in [0.25, 0.3) is 5.91 Å². The molecular weight excluding hydrogens is 428 g/mol. The highest BCUT2D eigenvalue weighted by molar-refractivity contribution is 7.89. The zero-order valence-electron chi connectivity index (χ0n) is 17.2. The lowest BCUT2D eigenvalue weighted by Gasteiger charge is -2.21. The molecule has 2 rings (SSSR count). The van der Waals surface area contributed by atoms with Crippen LogP contribution in [0.25, 0.3) is 0 Å². The van der Waals surface area contributed by atoms with Gasteiger partial charge in [-0.15, -0.1) is 0 Å². The van der Waals surface area contributed by atoms with Crippen LogP contribution in [0.2, 0.25) is 5.02 Å². The molecule has 7 nitrogen and oxygen atoms in total. The molecule has 0 aliphatic rings. The van der Waals surface area contributed by atoms with Crippen LogP contribution in [0, 0.1) is 0 Å². The zero-order chi connectivity index (χ0) is 22.5. The molecule has 9 heteroatoms. The maximum Gasteiger partial charge on any atom is 0.307 e. The van der Waals surface area contributed by atoms with Gasteiger partial charge in [-0.3, -0.25) is 9.59 Å². The summed E-state index contributed by atoms with van der Waals surface area (Å²) >= 11 is 6.22. The van der Waals surface area contributed by atoms with E-state index in [2.05, 4.69) is 10.0 Å². The van der Waals surface area contributed by atoms with Gasteiger partial charge in [0.15, 0.2) is 0 Å². The number of benzene rings is 2. The molecule has 0 saturated heterocycles. The van der Waals surface area contributed by atoms with Crippen molar-refractivity contribution in [3.8, 4) is 0 Å². The first-order valence-electron chi connectivity index (χ1n) is 9.19. The Labute approximate surface area is 181 Å². The molecule has 1 amide bonds. The van der Waals surface area contributed by atoms with Gasteiger partial charge in [0.1, 0.15) is 0 Å². The highest BCUT2D eigenvalue weighted by atomic mass is 35.5. The van der Waals surface area contributed by atoms with E-state index < -0.39 is 33.5 Å². The number of nitrogens with one attached hydrogen (secondary N) is 2. The topological polar surface area (TPSA) is 102 Å². The first-order chi connectivity index (χ1) is 13.9. The number of carbonyl (C=O) groups excluding carboxylic acids is 2. The van der Waals surface area contributed by atoms with E-state index in [9.17, 15) is 18.0 Å². The summed E-state index contributed by atoms with van der Waals surface area (Å²) in [4.78, 5) is 24.6. The summed E-state index contributed by atoms with van der Waals surface area (Å²) in [5.41, 5.74) is 0.184. The van der Waals surface area contributed by atoms with Crippen LogP contribution in [0.5, 0.6) is 0 Å². The van der Waals surface area contributed by atoms with Gasteiger partial charge in [0.2, 0.25) is 10.0 Å². The van der Waals surface area contributed by atoms with E-state index in [1.54, 1.807) is 45.0 Å². The lowest BCUT2D eigenvalue weighted by atomic mass is 10.0. The second-order valence-electron chi connectivity index (χ2n) is 7.71. The molecule has 2 aromatic rings. The SMILES string of the molecule is COC(=O)CC(NC(=O)c1ccc(S(=O)(=O)NC(C)(C)C)cc1)c1ccccc1Cl. The van der Waals surface area contributed by atoms with Crippen LogP contribution in [-0.2, 0) is 19.6 Å². The number of ether oxygens (including phenoxy) is 1. The van der Waals surface area contributed by atoms with Crippen molar-refractivity contribution >= 4 is 33.5 Å². The molecule has 2 aromatic carbocycles. The number of esters is 1. The van der Waals surface area contributed by atoms with Crippen molar-refractivity contribution in [1.82, 2.24) is 10.0 Å². The van der Waals surface area contributed by atoms with Crippen LogP contribution in [0.1, 0.15) is 49.2 Å². The van der Waals surface area contributed by atoms with E-state index in [4.69, 9.17) is 16.3 Å². The summed E-state index contributed by atoms with van der Waals surface area (Å²) < 4.78 is 32.1. The van der Waals surface area contributed by atoms with Crippen molar-refractivity contribution < 1.29 is 22.7 Å². The van der Waals surface area contributed by atoms with E-state index in [0.717, 1.165) is 0 Å². The van der Waals surface area contributed by atoms with E-state index in [0.29, 0.717) is 10.6 Å². The van der Waals surface area contributed by atoms with Crippen LogP contribution < -0.4 is 10.0 Å². The van der Waals surface area contributed by atoms with Gasteiger partial charge in [-0.05, 0) is 56.7 Å². The van der Waals surface area contributed by atoms with Crippen LogP contribution in [0.15, 0.2) is 53.4 Å². The van der Waals surface area contributed by atoms with E-state index in [-0.39, 0.29) is 16.9 Å². The molecule has 0 aliphatic heterocycles. The fourth-order valence-electron chi connectivity index (χ4n) is 2.74. The molecule has 0 fully saturated rings. The summed E-state index contributed by atoms with van der Waals surface area (Å²) in [6.45, 7) is 5.22. The third kappa shape index (κ3) is 6.55. The molecule has 1 atom stereocenters. The average Bonchev–Trinajstić information content (AvgIpc) is 2.66. The number of sulfonamides is 1. The maximum absolute atomic E-state index is 12.7. The maximum atomic E-state index is 12.7. The molecule has 0 saturated carbocycles. The highest BCUT2D eigenvalue weighted by Crippen LogP contribution is 2.26. The van der Waals surface area contributed by atoms with Crippen LogP contribution in [0.4, 0.5) is 0 Å². The molecule has 0 heterocycles. The number of rotatable bonds is 7. The Morgan fingerprint density at radius 1 is 1.07 bits per heavy atom. The Hall–Kier alpha value is -2.42. The summed E-state index contributed by atoms with van der Waals surface area (Å²) in [5.74, 6) is -0.980. The minimum atomic E-state index is -3.71. The minimum absolute atomic E-state index is 0.0474. The van der Waals surface area contributed by atoms with Gasteiger partial charge in [0, 0.05) is 16.1 Å². The van der Waals surface area contributed by atoms with Gasteiger partial charge < -0.3 is 10.1 Å². The van der Waals surface area contributed by atoms with Crippen molar-refractivity contribution in [3.05, 3.63) is 64.7 Å². The first-order valence-corrected chi connectivity index (χ1v) is 11.1. The van der Waals surface area contributed by atoms with Gasteiger partial charge in [-0.25, -0.2) is 13.1 Å². The van der Waals surface area contributed by atoms with E-state index in [1.807, 2.05) is 0 Å². The quantitative estimate of drug-likeness (QED) is 0.626. The monoisotopic (exact) mass is 452 g/mol. The molecule has 2 N–H and O–H groups in total.